The highest BCUT2D eigenvalue weighted by Gasteiger charge is 2.16. The Kier molecular flexibility index (Phi) is 7.57. The first kappa shape index (κ1) is 21.7. The Morgan fingerprint density at radius 1 is 1.31 bits per heavy atom. The quantitative estimate of drug-likeness (QED) is 0.528. The number of hydrogen-bond donors (Lipinski definition) is 2. The summed E-state index contributed by atoms with van der Waals surface area (Å²) in [6.07, 6.45) is 1.22. The number of nitrogens with two attached hydrogens (primary N) is 1. The van der Waals surface area contributed by atoms with Gasteiger partial charge in [0.25, 0.3) is 5.91 Å². The summed E-state index contributed by atoms with van der Waals surface area (Å²) < 4.78 is 25.0. The van der Waals surface area contributed by atoms with E-state index in [-0.39, 0.29) is 35.3 Å². The smallest absolute Gasteiger partial charge is 0.319 e. The van der Waals surface area contributed by atoms with Gasteiger partial charge in [0, 0.05) is 5.56 Å². The van der Waals surface area contributed by atoms with Crippen molar-refractivity contribution < 1.29 is 23.5 Å². The molecule has 0 atom stereocenters. The van der Waals surface area contributed by atoms with Crippen molar-refractivity contribution in [2.75, 3.05) is 6.61 Å². The Hall–Kier alpha value is -3.57. The third-order valence-corrected chi connectivity index (χ3v) is 3.86. The number of benzene rings is 2. The maximum absolute atomic E-state index is 13.8. The second-order valence-corrected chi connectivity index (χ2v) is 6.04. The molecule has 29 heavy (non-hydrogen) atoms. The highest BCUT2D eigenvalue weighted by molar-refractivity contribution is 6.32. The fraction of sp³-hybridized carbons (Fsp3) is 0.150. The molecule has 0 saturated carbocycles. The summed E-state index contributed by atoms with van der Waals surface area (Å²) in [7, 11) is 0. The summed E-state index contributed by atoms with van der Waals surface area (Å²) in [6.45, 7) is 1.96. The standard InChI is InChI=1S/C20H17ClFN3O4/c1-2-28-17-9-12(7-14(10-23)19(26)25-20(24)27)8-15(21)18(17)29-11-13-5-3-4-6-16(13)22/h3-9H,2,11H2,1H3,(H3,24,25,26,27)/b14-7-. The van der Waals surface area contributed by atoms with Crippen LogP contribution in [0.25, 0.3) is 6.08 Å². The van der Waals surface area contributed by atoms with Crippen molar-refractivity contribution in [3.63, 3.8) is 0 Å². The molecule has 3 N–H and O–H groups in total. The molecule has 0 spiro atoms. The SMILES string of the molecule is CCOc1cc(/C=C(/C#N)C(=O)NC(N)=O)cc(Cl)c1OCc1ccccc1F. The van der Waals surface area contributed by atoms with Crippen LogP contribution in [0.5, 0.6) is 11.5 Å². The first-order valence-corrected chi connectivity index (χ1v) is 8.78. The number of nitrogens with one attached hydrogen (secondary N) is 1. The number of carbonyl (C=O) groups is 2. The number of carbonyl (C=O) groups excluding carboxylic acids is 2. The van der Waals surface area contributed by atoms with E-state index in [9.17, 15) is 14.0 Å². The van der Waals surface area contributed by atoms with E-state index >= 15 is 0 Å². The summed E-state index contributed by atoms with van der Waals surface area (Å²) in [5, 5.41) is 11.1. The Morgan fingerprint density at radius 2 is 2.03 bits per heavy atom. The molecule has 2 rings (SSSR count). The predicted molar refractivity (Wildman–Crippen MR) is 105 cm³/mol. The van der Waals surface area contributed by atoms with Gasteiger partial charge in [-0.15, -0.1) is 0 Å². The van der Waals surface area contributed by atoms with Gasteiger partial charge in [-0.1, -0.05) is 29.8 Å². The van der Waals surface area contributed by atoms with E-state index in [4.69, 9.17) is 32.1 Å². The molecule has 0 aliphatic heterocycles. The van der Waals surface area contributed by atoms with Gasteiger partial charge in [-0.3, -0.25) is 10.1 Å². The number of nitriles is 1. The van der Waals surface area contributed by atoms with Crippen LogP contribution in [0.15, 0.2) is 42.0 Å². The van der Waals surface area contributed by atoms with Crippen molar-refractivity contribution in [1.82, 2.24) is 5.32 Å². The fourth-order valence-corrected chi connectivity index (χ4v) is 2.61. The lowest BCUT2D eigenvalue weighted by molar-refractivity contribution is -0.115. The molecular formula is C20H17ClFN3O4. The number of rotatable bonds is 7. The third kappa shape index (κ3) is 5.96. The Labute approximate surface area is 171 Å². The van der Waals surface area contributed by atoms with Gasteiger partial charge in [0.15, 0.2) is 11.5 Å². The molecule has 0 aliphatic rings. The van der Waals surface area contributed by atoms with Crippen LogP contribution in [0.2, 0.25) is 5.02 Å². The number of primary amides is 1. The summed E-state index contributed by atoms with van der Waals surface area (Å²) >= 11 is 6.28. The molecule has 3 amide bonds. The molecule has 2 aromatic rings. The lowest BCUT2D eigenvalue weighted by Gasteiger charge is -2.15. The fourth-order valence-electron chi connectivity index (χ4n) is 2.33. The zero-order valence-electron chi connectivity index (χ0n) is 15.4. The third-order valence-electron chi connectivity index (χ3n) is 3.57. The molecule has 0 heterocycles. The van der Waals surface area contributed by atoms with Gasteiger partial charge in [-0.05, 0) is 36.8 Å². The zero-order chi connectivity index (χ0) is 21.4. The van der Waals surface area contributed by atoms with Crippen molar-refractivity contribution in [1.29, 1.82) is 5.26 Å². The van der Waals surface area contributed by atoms with E-state index < -0.39 is 17.8 Å². The molecule has 150 valence electrons. The number of halogens is 2. The van der Waals surface area contributed by atoms with E-state index in [0.29, 0.717) is 11.1 Å². The molecule has 0 fully saturated rings. The number of imide groups is 1. The zero-order valence-corrected chi connectivity index (χ0v) is 16.1. The van der Waals surface area contributed by atoms with E-state index in [1.165, 1.54) is 24.3 Å². The summed E-state index contributed by atoms with van der Waals surface area (Å²) in [4.78, 5) is 22.6. The minimum atomic E-state index is -1.08. The average molecular weight is 418 g/mol. The van der Waals surface area contributed by atoms with Crippen LogP contribution < -0.4 is 20.5 Å². The normalized spacial score (nSPS) is 10.8. The molecule has 0 bridgehead atoms. The van der Waals surface area contributed by atoms with Gasteiger partial charge >= 0.3 is 6.03 Å². The van der Waals surface area contributed by atoms with Crippen molar-refractivity contribution in [2.24, 2.45) is 5.73 Å². The van der Waals surface area contributed by atoms with Gasteiger partial charge < -0.3 is 15.2 Å². The van der Waals surface area contributed by atoms with Crippen molar-refractivity contribution in [3.8, 4) is 17.6 Å². The van der Waals surface area contributed by atoms with Crippen LogP contribution in [0.1, 0.15) is 18.1 Å². The predicted octanol–water partition coefficient (Wildman–Crippen LogP) is 3.56. The molecule has 0 unspecified atom stereocenters. The van der Waals surface area contributed by atoms with Crippen molar-refractivity contribution in [3.05, 3.63) is 63.9 Å². The molecule has 0 aromatic heterocycles. The Morgan fingerprint density at radius 3 is 2.66 bits per heavy atom. The number of urea groups is 1. The highest BCUT2D eigenvalue weighted by Crippen LogP contribution is 2.38. The van der Waals surface area contributed by atoms with Gasteiger partial charge in [-0.25, -0.2) is 9.18 Å². The van der Waals surface area contributed by atoms with Crippen LogP contribution in [-0.4, -0.2) is 18.5 Å². The van der Waals surface area contributed by atoms with Crippen LogP contribution in [0.3, 0.4) is 0 Å². The maximum Gasteiger partial charge on any atom is 0.319 e. The van der Waals surface area contributed by atoms with Gasteiger partial charge in [-0.2, -0.15) is 5.26 Å². The van der Waals surface area contributed by atoms with Crippen molar-refractivity contribution >= 4 is 29.6 Å². The average Bonchev–Trinajstić information content (AvgIpc) is 2.66. The van der Waals surface area contributed by atoms with E-state index in [1.807, 2.05) is 5.32 Å². The van der Waals surface area contributed by atoms with Gasteiger partial charge in [0.1, 0.15) is 24.1 Å². The molecule has 0 radical (unpaired) electrons. The highest BCUT2D eigenvalue weighted by atomic mass is 35.5. The minimum Gasteiger partial charge on any atom is -0.490 e. The van der Waals surface area contributed by atoms with Crippen molar-refractivity contribution in [2.45, 2.75) is 13.5 Å². The van der Waals surface area contributed by atoms with Crippen LogP contribution >= 0.6 is 11.6 Å². The molecule has 2 aromatic carbocycles. The van der Waals surface area contributed by atoms with Crippen LogP contribution in [0.4, 0.5) is 9.18 Å². The Bertz CT molecular complexity index is 1000. The topological polar surface area (TPSA) is 114 Å². The molecule has 7 nitrogen and oxygen atoms in total. The number of ether oxygens (including phenoxy) is 2. The Balaban J connectivity index is 2.35. The van der Waals surface area contributed by atoms with Crippen LogP contribution in [-0.2, 0) is 11.4 Å². The minimum absolute atomic E-state index is 0.0773. The number of nitrogens with zero attached hydrogens (tertiary/aromatic N) is 1. The molecule has 0 saturated heterocycles. The van der Waals surface area contributed by atoms with E-state index in [0.717, 1.165) is 0 Å². The van der Waals surface area contributed by atoms with E-state index in [2.05, 4.69) is 0 Å². The van der Waals surface area contributed by atoms with Gasteiger partial charge in [0.2, 0.25) is 0 Å². The van der Waals surface area contributed by atoms with E-state index in [1.54, 1.807) is 31.2 Å². The largest absolute Gasteiger partial charge is 0.490 e. The second-order valence-electron chi connectivity index (χ2n) is 5.63. The number of amides is 3. The number of hydrogen-bond acceptors (Lipinski definition) is 5. The lowest BCUT2D eigenvalue weighted by atomic mass is 10.1. The summed E-state index contributed by atoms with van der Waals surface area (Å²) in [6, 6.07) is 9.69. The summed E-state index contributed by atoms with van der Waals surface area (Å²) in [5.74, 6) is -0.932. The lowest BCUT2D eigenvalue weighted by Crippen LogP contribution is -2.35. The van der Waals surface area contributed by atoms with Crippen LogP contribution in [0, 0.1) is 17.1 Å². The maximum atomic E-state index is 13.8. The monoisotopic (exact) mass is 417 g/mol. The molecular weight excluding hydrogens is 401 g/mol. The first-order chi connectivity index (χ1) is 13.8. The summed E-state index contributed by atoms with van der Waals surface area (Å²) in [5.41, 5.74) is 5.22. The molecule has 9 heteroatoms. The van der Waals surface area contributed by atoms with Gasteiger partial charge in [0.05, 0.1) is 11.6 Å². The second kappa shape index (κ2) is 10.1. The molecule has 0 aliphatic carbocycles. The first-order valence-electron chi connectivity index (χ1n) is 8.40.